The molecular formula is C12H18N2O3. The molecule has 94 valence electrons. The number of allylic oxidation sites excluding steroid dienone is 1. The molecule has 0 saturated heterocycles. The lowest BCUT2D eigenvalue weighted by molar-refractivity contribution is -0.140. The van der Waals surface area contributed by atoms with E-state index in [1.165, 1.54) is 6.92 Å². The van der Waals surface area contributed by atoms with Crippen molar-refractivity contribution in [2.24, 2.45) is 10.9 Å². The number of carbonyl (C=O) groups is 2. The zero-order valence-corrected chi connectivity index (χ0v) is 10.4. The lowest BCUT2D eigenvalue weighted by Gasteiger charge is -2.09. The van der Waals surface area contributed by atoms with Gasteiger partial charge in [-0.15, -0.1) is 0 Å². The molecule has 1 fully saturated rings. The number of rotatable bonds is 5. The van der Waals surface area contributed by atoms with Gasteiger partial charge in [-0.05, 0) is 32.8 Å². The molecule has 0 aromatic rings. The largest absolute Gasteiger partial charge is 0.480 e. The fourth-order valence-corrected chi connectivity index (χ4v) is 1.40. The van der Waals surface area contributed by atoms with E-state index in [9.17, 15) is 9.59 Å². The van der Waals surface area contributed by atoms with Crippen LogP contribution in [0.4, 0.5) is 0 Å². The number of aliphatic carboxylic acids is 1. The van der Waals surface area contributed by atoms with Crippen molar-refractivity contribution in [1.82, 2.24) is 5.32 Å². The second kappa shape index (κ2) is 5.61. The Hall–Kier alpha value is -1.65. The second-order valence-electron chi connectivity index (χ2n) is 4.28. The predicted octanol–water partition coefficient (Wildman–Crippen LogP) is 1.00. The molecule has 0 spiro atoms. The molecule has 1 unspecified atom stereocenters. The molecule has 1 atom stereocenters. The molecule has 1 saturated carbocycles. The molecule has 0 heterocycles. The summed E-state index contributed by atoms with van der Waals surface area (Å²) in [6.07, 6.45) is 3.97. The van der Waals surface area contributed by atoms with Gasteiger partial charge in [0, 0.05) is 24.3 Å². The summed E-state index contributed by atoms with van der Waals surface area (Å²) in [5.41, 5.74) is 1.41. The second-order valence-corrected chi connectivity index (χ2v) is 4.28. The molecule has 1 amide bonds. The SMILES string of the molecule is CN=C(/C=C(\C)C(=O)NC(C)C(=O)O)C1CC1. The summed E-state index contributed by atoms with van der Waals surface area (Å²) in [6, 6.07) is -0.881. The third-order valence-corrected chi connectivity index (χ3v) is 2.69. The molecule has 1 rings (SSSR count). The number of carboxylic acids is 1. The van der Waals surface area contributed by atoms with Crippen LogP contribution in [0.5, 0.6) is 0 Å². The molecule has 0 radical (unpaired) electrons. The van der Waals surface area contributed by atoms with E-state index >= 15 is 0 Å². The molecule has 1 aliphatic carbocycles. The van der Waals surface area contributed by atoms with Crippen LogP contribution >= 0.6 is 0 Å². The first-order valence-electron chi connectivity index (χ1n) is 5.64. The minimum Gasteiger partial charge on any atom is -0.480 e. The monoisotopic (exact) mass is 238 g/mol. The smallest absolute Gasteiger partial charge is 0.325 e. The van der Waals surface area contributed by atoms with Crippen LogP contribution in [-0.2, 0) is 9.59 Å². The summed E-state index contributed by atoms with van der Waals surface area (Å²) in [5.74, 6) is -0.931. The number of hydrogen-bond acceptors (Lipinski definition) is 3. The zero-order chi connectivity index (χ0) is 13.0. The van der Waals surface area contributed by atoms with E-state index in [-0.39, 0.29) is 5.91 Å². The van der Waals surface area contributed by atoms with Crippen molar-refractivity contribution in [2.75, 3.05) is 7.05 Å². The molecule has 0 aromatic carbocycles. The van der Waals surface area contributed by atoms with Gasteiger partial charge in [0.1, 0.15) is 6.04 Å². The summed E-state index contributed by atoms with van der Waals surface area (Å²) in [6.45, 7) is 3.10. The maximum Gasteiger partial charge on any atom is 0.325 e. The van der Waals surface area contributed by atoms with E-state index in [4.69, 9.17) is 5.11 Å². The number of nitrogens with zero attached hydrogens (tertiary/aromatic N) is 1. The van der Waals surface area contributed by atoms with Gasteiger partial charge in [-0.1, -0.05) is 0 Å². The van der Waals surface area contributed by atoms with E-state index in [0.717, 1.165) is 18.6 Å². The van der Waals surface area contributed by atoms with Gasteiger partial charge in [0.25, 0.3) is 0 Å². The van der Waals surface area contributed by atoms with Gasteiger partial charge in [-0.3, -0.25) is 14.6 Å². The van der Waals surface area contributed by atoms with Crippen LogP contribution in [0.3, 0.4) is 0 Å². The van der Waals surface area contributed by atoms with Crippen LogP contribution < -0.4 is 5.32 Å². The molecule has 17 heavy (non-hydrogen) atoms. The minimum absolute atomic E-state index is 0.360. The Labute approximate surface area is 101 Å². The first kappa shape index (κ1) is 13.4. The van der Waals surface area contributed by atoms with Crippen molar-refractivity contribution in [1.29, 1.82) is 0 Å². The van der Waals surface area contributed by atoms with E-state index in [2.05, 4.69) is 10.3 Å². The predicted molar refractivity (Wildman–Crippen MR) is 65.1 cm³/mol. The maximum absolute atomic E-state index is 11.7. The molecule has 0 aromatic heterocycles. The average molecular weight is 238 g/mol. The Morgan fingerprint density at radius 1 is 1.47 bits per heavy atom. The van der Waals surface area contributed by atoms with Crippen LogP contribution in [0.1, 0.15) is 26.7 Å². The first-order chi connectivity index (χ1) is 7.95. The fraction of sp³-hybridized carbons (Fsp3) is 0.583. The Bertz CT molecular complexity index is 381. The molecule has 5 nitrogen and oxygen atoms in total. The van der Waals surface area contributed by atoms with Crippen molar-refractivity contribution in [3.63, 3.8) is 0 Å². The summed E-state index contributed by atoms with van der Waals surface area (Å²) in [7, 11) is 1.70. The maximum atomic E-state index is 11.7. The molecule has 2 N–H and O–H groups in total. The molecule has 5 heteroatoms. The minimum atomic E-state index is -1.04. The number of nitrogens with one attached hydrogen (secondary N) is 1. The van der Waals surface area contributed by atoms with Crippen molar-refractivity contribution in [3.8, 4) is 0 Å². The summed E-state index contributed by atoms with van der Waals surface area (Å²) >= 11 is 0. The normalized spacial score (nSPS) is 18.8. The van der Waals surface area contributed by atoms with Crippen molar-refractivity contribution < 1.29 is 14.7 Å². The van der Waals surface area contributed by atoms with Crippen LogP contribution in [0.25, 0.3) is 0 Å². The zero-order valence-electron chi connectivity index (χ0n) is 10.4. The van der Waals surface area contributed by atoms with Crippen molar-refractivity contribution >= 4 is 17.6 Å². The highest BCUT2D eigenvalue weighted by Crippen LogP contribution is 2.31. The van der Waals surface area contributed by atoms with Gasteiger partial charge in [-0.2, -0.15) is 0 Å². The topological polar surface area (TPSA) is 78.8 Å². The Balaban J connectivity index is 2.62. The number of carbonyl (C=O) groups excluding carboxylic acids is 1. The van der Waals surface area contributed by atoms with Crippen molar-refractivity contribution in [3.05, 3.63) is 11.6 Å². The van der Waals surface area contributed by atoms with Crippen LogP contribution in [0.15, 0.2) is 16.6 Å². The van der Waals surface area contributed by atoms with Gasteiger partial charge in [0.05, 0.1) is 0 Å². The van der Waals surface area contributed by atoms with E-state index < -0.39 is 12.0 Å². The number of amides is 1. The van der Waals surface area contributed by atoms with Gasteiger partial charge >= 0.3 is 5.97 Å². The highest BCUT2D eigenvalue weighted by atomic mass is 16.4. The van der Waals surface area contributed by atoms with Crippen LogP contribution in [0.2, 0.25) is 0 Å². The summed E-state index contributed by atoms with van der Waals surface area (Å²) in [4.78, 5) is 26.4. The molecule has 1 aliphatic rings. The highest BCUT2D eigenvalue weighted by molar-refractivity contribution is 6.06. The molecule has 0 aliphatic heterocycles. The number of carboxylic acid groups (broad SMARTS) is 1. The number of aliphatic imine (C=N–C) groups is 1. The fourth-order valence-electron chi connectivity index (χ4n) is 1.40. The quantitative estimate of drug-likeness (QED) is 0.554. The van der Waals surface area contributed by atoms with Crippen LogP contribution in [0, 0.1) is 5.92 Å². The third kappa shape index (κ3) is 4.01. The summed E-state index contributed by atoms with van der Waals surface area (Å²) in [5, 5.41) is 11.1. The first-order valence-corrected chi connectivity index (χ1v) is 5.64. The standard InChI is InChI=1S/C12H18N2O3/c1-7(6-10(13-3)9-4-5-9)11(15)14-8(2)12(16)17/h6,8-9H,4-5H2,1-3H3,(H,14,15)(H,16,17)/b7-6+,13-10?. The number of hydrogen-bond donors (Lipinski definition) is 2. The molecular weight excluding hydrogens is 220 g/mol. The van der Waals surface area contributed by atoms with Crippen LogP contribution in [-0.4, -0.2) is 35.8 Å². The van der Waals surface area contributed by atoms with Gasteiger partial charge in [0.2, 0.25) is 5.91 Å². The van der Waals surface area contributed by atoms with Gasteiger partial charge < -0.3 is 10.4 Å². The van der Waals surface area contributed by atoms with Gasteiger partial charge in [0.15, 0.2) is 0 Å². The Morgan fingerprint density at radius 2 is 2.06 bits per heavy atom. The van der Waals surface area contributed by atoms with Crippen molar-refractivity contribution in [2.45, 2.75) is 32.7 Å². The lowest BCUT2D eigenvalue weighted by Crippen LogP contribution is -2.38. The Kier molecular flexibility index (Phi) is 4.43. The Morgan fingerprint density at radius 3 is 2.47 bits per heavy atom. The van der Waals surface area contributed by atoms with Gasteiger partial charge in [-0.25, -0.2) is 0 Å². The highest BCUT2D eigenvalue weighted by Gasteiger charge is 2.26. The van der Waals surface area contributed by atoms with E-state index in [1.807, 2.05) is 0 Å². The molecule has 0 bridgehead atoms. The lowest BCUT2D eigenvalue weighted by atomic mass is 10.1. The third-order valence-electron chi connectivity index (χ3n) is 2.69. The average Bonchev–Trinajstić information content (AvgIpc) is 3.08. The van der Waals surface area contributed by atoms with E-state index in [1.54, 1.807) is 20.0 Å². The summed E-state index contributed by atoms with van der Waals surface area (Å²) < 4.78 is 0. The van der Waals surface area contributed by atoms with E-state index in [0.29, 0.717) is 11.5 Å².